The minimum absolute atomic E-state index is 0.123. The molecule has 1 rings (SSSR count). The monoisotopic (exact) mass is 199 g/mol. The minimum Gasteiger partial charge on any atom is -0.355 e. The van der Waals surface area contributed by atoms with Crippen molar-refractivity contribution < 1.29 is 4.79 Å². The number of carbonyl (C=O) groups excluding carboxylic acids is 1. The fourth-order valence-electron chi connectivity index (χ4n) is 1.50. The standard InChI is InChI=1S/C10H21N3O/c1-8(2)3-4-12-10(14)7-13-5-9(11)6-13/h8-9H,3-7,11H2,1-2H3,(H,12,14). The lowest BCUT2D eigenvalue weighted by atomic mass is 10.1. The van der Waals surface area contributed by atoms with Gasteiger partial charge in [0, 0.05) is 25.7 Å². The number of hydrogen-bond donors (Lipinski definition) is 2. The fraction of sp³-hybridized carbons (Fsp3) is 0.900. The molecule has 14 heavy (non-hydrogen) atoms. The highest BCUT2D eigenvalue weighted by atomic mass is 16.2. The lowest BCUT2D eigenvalue weighted by Gasteiger charge is -2.36. The van der Waals surface area contributed by atoms with Gasteiger partial charge in [-0.1, -0.05) is 13.8 Å². The molecule has 3 N–H and O–H groups in total. The molecule has 0 bridgehead atoms. The second-order valence-corrected chi connectivity index (χ2v) is 4.49. The molecule has 1 saturated heterocycles. The largest absolute Gasteiger partial charge is 0.355 e. The molecule has 0 saturated carbocycles. The van der Waals surface area contributed by atoms with Crippen LogP contribution in [0.1, 0.15) is 20.3 Å². The van der Waals surface area contributed by atoms with Crippen LogP contribution in [0.2, 0.25) is 0 Å². The molecule has 0 aromatic carbocycles. The third-order valence-corrected chi connectivity index (χ3v) is 2.40. The Kier molecular flexibility index (Phi) is 4.35. The third-order valence-electron chi connectivity index (χ3n) is 2.40. The van der Waals surface area contributed by atoms with Crippen molar-refractivity contribution in [1.29, 1.82) is 0 Å². The van der Waals surface area contributed by atoms with Gasteiger partial charge in [-0.3, -0.25) is 9.69 Å². The van der Waals surface area contributed by atoms with E-state index in [1.165, 1.54) is 0 Å². The molecule has 1 aliphatic heterocycles. The van der Waals surface area contributed by atoms with E-state index in [1.807, 2.05) is 0 Å². The van der Waals surface area contributed by atoms with Gasteiger partial charge in [-0.25, -0.2) is 0 Å². The lowest BCUT2D eigenvalue weighted by molar-refractivity contribution is -0.123. The molecule has 1 heterocycles. The highest BCUT2D eigenvalue weighted by molar-refractivity contribution is 5.78. The van der Waals surface area contributed by atoms with Crippen LogP contribution in [0, 0.1) is 5.92 Å². The van der Waals surface area contributed by atoms with Crippen LogP contribution in [0.15, 0.2) is 0 Å². The Balaban J connectivity index is 1.99. The maximum atomic E-state index is 11.3. The van der Waals surface area contributed by atoms with Crippen LogP contribution in [-0.2, 0) is 4.79 Å². The van der Waals surface area contributed by atoms with E-state index in [-0.39, 0.29) is 11.9 Å². The van der Waals surface area contributed by atoms with Crippen LogP contribution >= 0.6 is 0 Å². The molecule has 0 unspecified atom stereocenters. The van der Waals surface area contributed by atoms with Gasteiger partial charge in [0.2, 0.25) is 5.91 Å². The van der Waals surface area contributed by atoms with E-state index < -0.39 is 0 Å². The molecule has 4 nitrogen and oxygen atoms in total. The molecule has 82 valence electrons. The summed E-state index contributed by atoms with van der Waals surface area (Å²) < 4.78 is 0. The zero-order valence-electron chi connectivity index (χ0n) is 9.12. The normalized spacial score (nSPS) is 18.3. The quantitative estimate of drug-likeness (QED) is 0.644. The van der Waals surface area contributed by atoms with Crippen molar-refractivity contribution in [1.82, 2.24) is 10.2 Å². The number of carbonyl (C=O) groups is 1. The van der Waals surface area contributed by atoms with Crippen molar-refractivity contribution in [2.24, 2.45) is 11.7 Å². The first kappa shape index (κ1) is 11.5. The SMILES string of the molecule is CC(C)CCNC(=O)CN1CC(N)C1. The molecule has 0 aromatic rings. The number of nitrogens with zero attached hydrogens (tertiary/aromatic N) is 1. The van der Waals surface area contributed by atoms with Crippen LogP contribution in [0.3, 0.4) is 0 Å². The molecule has 1 aliphatic rings. The molecular weight excluding hydrogens is 178 g/mol. The summed E-state index contributed by atoms with van der Waals surface area (Å²) in [6, 6.07) is 0.276. The van der Waals surface area contributed by atoms with E-state index in [9.17, 15) is 4.79 Å². The summed E-state index contributed by atoms with van der Waals surface area (Å²) >= 11 is 0. The van der Waals surface area contributed by atoms with Crippen LogP contribution in [0.4, 0.5) is 0 Å². The molecule has 1 amide bonds. The molecule has 0 radical (unpaired) electrons. The Morgan fingerprint density at radius 3 is 2.71 bits per heavy atom. The van der Waals surface area contributed by atoms with Gasteiger partial charge in [0.15, 0.2) is 0 Å². The van der Waals surface area contributed by atoms with Gasteiger partial charge in [-0.2, -0.15) is 0 Å². The van der Waals surface area contributed by atoms with Gasteiger partial charge in [0.25, 0.3) is 0 Å². The maximum absolute atomic E-state index is 11.3. The average molecular weight is 199 g/mol. The molecule has 0 atom stereocenters. The molecule has 0 spiro atoms. The predicted octanol–water partition coefficient (Wildman–Crippen LogP) is -0.208. The first-order valence-electron chi connectivity index (χ1n) is 5.32. The highest BCUT2D eigenvalue weighted by Crippen LogP contribution is 2.03. The fourth-order valence-corrected chi connectivity index (χ4v) is 1.50. The van der Waals surface area contributed by atoms with E-state index in [4.69, 9.17) is 5.73 Å². The smallest absolute Gasteiger partial charge is 0.234 e. The van der Waals surface area contributed by atoms with Crippen molar-refractivity contribution in [2.45, 2.75) is 26.3 Å². The van der Waals surface area contributed by atoms with E-state index in [0.29, 0.717) is 12.5 Å². The van der Waals surface area contributed by atoms with E-state index in [0.717, 1.165) is 26.1 Å². The second kappa shape index (κ2) is 5.32. The van der Waals surface area contributed by atoms with Gasteiger partial charge in [0.1, 0.15) is 0 Å². The molecular formula is C10H21N3O. The molecule has 0 aliphatic carbocycles. The Morgan fingerprint density at radius 1 is 1.57 bits per heavy atom. The predicted molar refractivity (Wildman–Crippen MR) is 56.9 cm³/mol. The molecule has 0 aromatic heterocycles. The van der Waals surface area contributed by atoms with Gasteiger partial charge >= 0.3 is 0 Å². The summed E-state index contributed by atoms with van der Waals surface area (Å²) in [6.07, 6.45) is 1.05. The first-order valence-corrected chi connectivity index (χ1v) is 5.32. The maximum Gasteiger partial charge on any atom is 0.234 e. The van der Waals surface area contributed by atoms with Crippen LogP contribution in [0.5, 0.6) is 0 Å². The molecule has 4 heteroatoms. The summed E-state index contributed by atoms with van der Waals surface area (Å²) in [5.41, 5.74) is 5.61. The number of likely N-dealkylation sites (tertiary alicyclic amines) is 1. The zero-order chi connectivity index (χ0) is 10.6. The second-order valence-electron chi connectivity index (χ2n) is 4.49. The average Bonchev–Trinajstić information content (AvgIpc) is 2.00. The minimum atomic E-state index is 0.123. The summed E-state index contributed by atoms with van der Waals surface area (Å²) in [6.45, 7) is 7.32. The van der Waals surface area contributed by atoms with Crippen LogP contribution in [-0.4, -0.2) is 43.0 Å². The van der Waals surface area contributed by atoms with Crippen LogP contribution < -0.4 is 11.1 Å². The van der Waals surface area contributed by atoms with Crippen molar-refractivity contribution >= 4 is 5.91 Å². The topological polar surface area (TPSA) is 58.4 Å². The summed E-state index contributed by atoms with van der Waals surface area (Å²) in [5, 5.41) is 2.91. The van der Waals surface area contributed by atoms with Crippen LogP contribution in [0.25, 0.3) is 0 Å². The van der Waals surface area contributed by atoms with Crippen molar-refractivity contribution in [2.75, 3.05) is 26.2 Å². The lowest BCUT2D eigenvalue weighted by Crippen LogP contribution is -2.57. The number of nitrogens with two attached hydrogens (primary N) is 1. The number of nitrogens with one attached hydrogen (secondary N) is 1. The van der Waals surface area contributed by atoms with E-state index in [2.05, 4.69) is 24.1 Å². The Hall–Kier alpha value is -0.610. The number of hydrogen-bond acceptors (Lipinski definition) is 3. The van der Waals surface area contributed by atoms with Crippen molar-refractivity contribution in [3.63, 3.8) is 0 Å². The number of amides is 1. The van der Waals surface area contributed by atoms with Crippen molar-refractivity contribution in [3.8, 4) is 0 Å². The van der Waals surface area contributed by atoms with Gasteiger partial charge in [0.05, 0.1) is 6.54 Å². The summed E-state index contributed by atoms with van der Waals surface area (Å²) in [7, 11) is 0. The van der Waals surface area contributed by atoms with E-state index in [1.54, 1.807) is 0 Å². The highest BCUT2D eigenvalue weighted by Gasteiger charge is 2.24. The summed E-state index contributed by atoms with van der Waals surface area (Å²) in [4.78, 5) is 13.4. The number of rotatable bonds is 5. The van der Waals surface area contributed by atoms with E-state index >= 15 is 0 Å². The Labute approximate surface area is 85.8 Å². The van der Waals surface area contributed by atoms with Crippen molar-refractivity contribution in [3.05, 3.63) is 0 Å². The van der Waals surface area contributed by atoms with Gasteiger partial charge in [-0.15, -0.1) is 0 Å². The zero-order valence-corrected chi connectivity index (χ0v) is 9.12. The Bertz CT molecular complexity index is 188. The third kappa shape index (κ3) is 4.07. The van der Waals surface area contributed by atoms with Gasteiger partial charge in [-0.05, 0) is 12.3 Å². The Morgan fingerprint density at radius 2 is 2.21 bits per heavy atom. The molecule has 1 fully saturated rings. The van der Waals surface area contributed by atoms with Gasteiger partial charge < -0.3 is 11.1 Å². The first-order chi connectivity index (χ1) is 6.58. The summed E-state index contributed by atoms with van der Waals surface area (Å²) in [5.74, 6) is 0.769.